The van der Waals surface area contributed by atoms with Crippen molar-refractivity contribution in [1.82, 2.24) is 4.58 Å². The van der Waals surface area contributed by atoms with E-state index in [0.29, 0.717) is 0 Å². The van der Waals surface area contributed by atoms with Crippen LogP contribution in [-0.2, 0) is 0 Å². The summed E-state index contributed by atoms with van der Waals surface area (Å²) in [5, 5.41) is 1.23. The van der Waals surface area contributed by atoms with E-state index in [4.69, 9.17) is 0 Å². The molecule has 10 heavy (non-hydrogen) atoms. The Kier molecular flexibility index (Phi) is 2.21. The molecule has 0 heterocycles. The summed E-state index contributed by atoms with van der Waals surface area (Å²) in [6, 6.07) is 12.3. The molecule has 0 radical (unpaired) electrons. The van der Waals surface area contributed by atoms with E-state index >= 15 is 0 Å². The van der Waals surface area contributed by atoms with Gasteiger partial charge in [-0.25, -0.2) is 4.58 Å². The molecule has 1 aromatic carbocycles. The molecule has 1 rings (SSSR count). The summed E-state index contributed by atoms with van der Waals surface area (Å²) in [7, 11) is 4.07. The van der Waals surface area contributed by atoms with Gasteiger partial charge in [-0.3, -0.25) is 0 Å². The van der Waals surface area contributed by atoms with E-state index in [1.165, 1.54) is 5.36 Å². The van der Waals surface area contributed by atoms with Gasteiger partial charge in [0.05, 0.1) is 0 Å². The third-order valence-electron chi connectivity index (χ3n) is 1.38. The maximum Gasteiger partial charge on any atom is 0.199 e. The van der Waals surface area contributed by atoms with Crippen LogP contribution in [0.1, 0.15) is 0 Å². The molecule has 0 saturated heterocycles. The zero-order chi connectivity index (χ0) is 7.40. The zero-order valence-corrected chi connectivity index (χ0v) is 6.41. The van der Waals surface area contributed by atoms with Crippen molar-refractivity contribution in [3.8, 4) is 0 Å². The predicted molar refractivity (Wildman–Crippen MR) is 43.6 cm³/mol. The molecule has 0 aromatic heterocycles. The van der Waals surface area contributed by atoms with Crippen molar-refractivity contribution >= 4 is 0 Å². The molecular formula is C9H12N+. The highest BCUT2D eigenvalue weighted by molar-refractivity contribution is 4.99. The van der Waals surface area contributed by atoms with Crippen molar-refractivity contribution in [2.75, 3.05) is 14.1 Å². The third-order valence-corrected chi connectivity index (χ3v) is 1.38. The van der Waals surface area contributed by atoms with Crippen molar-refractivity contribution in [2.45, 2.75) is 0 Å². The summed E-state index contributed by atoms with van der Waals surface area (Å²) in [6.45, 7) is 0. The number of nitrogens with zero attached hydrogens (tertiary/aromatic N) is 1. The highest BCUT2D eigenvalue weighted by Gasteiger charge is 1.82. The van der Waals surface area contributed by atoms with Crippen LogP contribution in [0.4, 0.5) is 0 Å². The van der Waals surface area contributed by atoms with Gasteiger partial charge < -0.3 is 0 Å². The van der Waals surface area contributed by atoms with Crippen molar-refractivity contribution in [3.05, 3.63) is 41.8 Å². The fourth-order valence-corrected chi connectivity index (χ4v) is 0.790. The summed E-state index contributed by atoms with van der Waals surface area (Å²) in [5.74, 6) is 0. The molecule has 0 aliphatic rings. The van der Waals surface area contributed by atoms with Gasteiger partial charge in [0.1, 0.15) is 14.1 Å². The highest BCUT2D eigenvalue weighted by atomic mass is 14.9. The van der Waals surface area contributed by atoms with Gasteiger partial charge in [-0.05, 0) is 0 Å². The average Bonchev–Trinajstić information content (AvgIpc) is 2.12. The molecule has 1 aromatic rings. The maximum absolute atomic E-state index is 2.08. The van der Waals surface area contributed by atoms with Crippen LogP contribution in [-0.4, -0.2) is 14.1 Å². The van der Waals surface area contributed by atoms with Crippen LogP contribution in [0, 0.1) is 0 Å². The molecule has 0 bridgehead atoms. The Hall–Kier alpha value is -1.11. The van der Waals surface area contributed by atoms with E-state index in [1.807, 2.05) is 38.4 Å². The Bertz CT molecular complexity index is 250. The van der Waals surface area contributed by atoms with Gasteiger partial charge in [0.15, 0.2) is 5.36 Å². The second kappa shape index (κ2) is 3.16. The molecule has 0 saturated carbocycles. The first kappa shape index (κ1) is 7.00. The minimum Gasteiger partial charge on any atom is -0.235 e. The first-order chi connectivity index (χ1) is 4.80. The number of hydrogen-bond acceptors (Lipinski definition) is 0. The summed E-state index contributed by atoms with van der Waals surface area (Å²) in [4.78, 5) is 0. The fraction of sp³-hybridized carbons (Fsp3) is 0.222. The molecular weight excluding hydrogens is 122 g/mol. The highest BCUT2D eigenvalue weighted by Crippen LogP contribution is 1.74. The van der Waals surface area contributed by atoms with E-state index in [0.717, 1.165) is 0 Å². The standard InChI is InChI=1S/C9H12N/c1-10(2)9-7-5-3-4-6-8-9/h3-8H,1-2H3/q+1. The Morgan fingerprint density at radius 1 is 0.900 bits per heavy atom. The lowest BCUT2D eigenvalue weighted by molar-refractivity contribution is 0.814. The zero-order valence-electron chi connectivity index (χ0n) is 6.41. The second-order valence-corrected chi connectivity index (χ2v) is 2.42. The van der Waals surface area contributed by atoms with Crippen LogP contribution in [0.2, 0.25) is 0 Å². The van der Waals surface area contributed by atoms with Gasteiger partial charge in [-0.2, -0.15) is 0 Å². The second-order valence-electron chi connectivity index (χ2n) is 2.42. The molecule has 1 heteroatoms. The van der Waals surface area contributed by atoms with Gasteiger partial charge >= 0.3 is 0 Å². The van der Waals surface area contributed by atoms with Crippen LogP contribution in [0.15, 0.2) is 36.4 Å². The van der Waals surface area contributed by atoms with E-state index in [9.17, 15) is 0 Å². The molecule has 0 aliphatic carbocycles. The summed E-state index contributed by atoms with van der Waals surface area (Å²) >= 11 is 0. The molecule has 0 fully saturated rings. The Balaban J connectivity index is 3.38. The largest absolute Gasteiger partial charge is 0.235 e. The molecule has 0 aliphatic heterocycles. The first-order valence-electron chi connectivity index (χ1n) is 3.36. The summed E-state index contributed by atoms with van der Waals surface area (Å²) < 4.78 is 2.08. The predicted octanol–water partition coefficient (Wildman–Crippen LogP) is 0.718. The fourth-order valence-electron chi connectivity index (χ4n) is 0.790. The van der Waals surface area contributed by atoms with E-state index in [-0.39, 0.29) is 0 Å². The van der Waals surface area contributed by atoms with Crippen molar-refractivity contribution in [2.24, 2.45) is 0 Å². The summed E-state index contributed by atoms with van der Waals surface area (Å²) in [6.07, 6.45) is 0. The lowest BCUT2D eigenvalue weighted by Gasteiger charge is -1.78. The topological polar surface area (TPSA) is 3.01 Å². The summed E-state index contributed by atoms with van der Waals surface area (Å²) in [5.41, 5.74) is 0. The lowest BCUT2D eigenvalue weighted by atomic mass is 10.5. The minimum absolute atomic E-state index is 1.23. The van der Waals surface area contributed by atoms with Gasteiger partial charge in [-0.1, -0.05) is 24.3 Å². The van der Waals surface area contributed by atoms with Crippen LogP contribution in [0.25, 0.3) is 0 Å². The Morgan fingerprint density at radius 2 is 1.40 bits per heavy atom. The van der Waals surface area contributed by atoms with Crippen molar-refractivity contribution < 1.29 is 0 Å². The van der Waals surface area contributed by atoms with E-state index < -0.39 is 0 Å². The van der Waals surface area contributed by atoms with Crippen molar-refractivity contribution in [3.63, 3.8) is 0 Å². The van der Waals surface area contributed by atoms with Crippen LogP contribution >= 0.6 is 0 Å². The van der Waals surface area contributed by atoms with Crippen LogP contribution in [0.3, 0.4) is 0 Å². The normalized spacial score (nSPS) is 9.00. The Morgan fingerprint density at radius 3 is 1.80 bits per heavy atom. The van der Waals surface area contributed by atoms with Crippen LogP contribution in [0.5, 0.6) is 0 Å². The van der Waals surface area contributed by atoms with Gasteiger partial charge in [-0.15, -0.1) is 0 Å². The monoisotopic (exact) mass is 134 g/mol. The molecule has 0 unspecified atom stereocenters. The van der Waals surface area contributed by atoms with Gasteiger partial charge in [0, 0.05) is 12.1 Å². The van der Waals surface area contributed by atoms with E-state index in [1.54, 1.807) is 0 Å². The molecule has 0 spiro atoms. The quantitative estimate of drug-likeness (QED) is 0.460. The van der Waals surface area contributed by atoms with Crippen molar-refractivity contribution in [1.29, 1.82) is 0 Å². The molecule has 0 atom stereocenters. The minimum atomic E-state index is 1.23. The molecule has 1 nitrogen and oxygen atoms in total. The Labute approximate surface area is 61.3 Å². The lowest BCUT2D eigenvalue weighted by Crippen LogP contribution is -2.19. The third kappa shape index (κ3) is 1.69. The van der Waals surface area contributed by atoms with Gasteiger partial charge in [0.25, 0.3) is 0 Å². The first-order valence-corrected chi connectivity index (χ1v) is 3.36. The smallest absolute Gasteiger partial charge is 0.199 e. The number of hydrogen-bond donors (Lipinski definition) is 0. The van der Waals surface area contributed by atoms with E-state index in [2.05, 4.69) is 16.7 Å². The van der Waals surface area contributed by atoms with Gasteiger partial charge in [0.2, 0.25) is 0 Å². The molecule has 0 amide bonds. The number of rotatable bonds is 0. The molecule has 0 N–H and O–H groups in total. The maximum atomic E-state index is 2.08. The van der Waals surface area contributed by atoms with Crippen LogP contribution < -0.4 is 9.93 Å². The molecule has 52 valence electrons. The SMILES string of the molecule is C[N+](C)=c1cccccc1. The average molecular weight is 134 g/mol.